The summed E-state index contributed by atoms with van der Waals surface area (Å²) in [6.07, 6.45) is 2.82. The van der Waals surface area contributed by atoms with Gasteiger partial charge in [0.25, 0.3) is 0 Å². The Kier molecular flexibility index (Phi) is 5.31. The SMILES string of the molecule is NNC(Cc1ccc(Cl)c(Cl)c1)C1CCCCS1(=O)=O. The summed E-state index contributed by atoms with van der Waals surface area (Å²) in [6.45, 7) is 0. The molecule has 1 aliphatic rings. The van der Waals surface area contributed by atoms with Crippen LogP contribution in [-0.4, -0.2) is 25.5 Å². The Hall–Kier alpha value is -0.330. The monoisotopic (exact) mass is 336 g/mol. The van der Waals surface area contributed by atoms with Crippen LogP contribution in [0.15, 0.2) is 18.2 Å². The van der Waals surface area contributed by atoms with E-state index in [1.807, 2.05) is 6.07 Å². The molecule has 0 aromatic heterocycles. The predicted octanol–water partition coefficient (Wildman–Crippen LogP) is 2.34. The van der Waals surface area contributed by atoms with Gasteiger partial charge in [-0.25, -0.2) is 8.42 Å². The summed E-state index contributed by atoms with van der Waals surface area (Å²) in [5.74, 6) is 5.81. The Morgan fingerprint density at radius 2 is 2.05 bits per heavy atom. The highest BCUT2D eigenvalue weighted by Gasteiger charge is 2.35. The standard InChI is InChI=1S/C13H18Cl2N2O2S/c14-10-5-4-9(7-11(10)15)8-12(17-16)13-3-1-2-6-20(13,18)19/h4-5,7,12-13,17H,1-3,6,8,16H2. The number of sulfone groups is 1. The van der Waals surface area contributed by atoms with Gasteiger partial charge in [-0.1, -0.05) is 35.7 Å². The zero-order valence-corrected chi connectivity index (χ0v) is 13.3. The van der Waals surface area contributed by atoms with Crippen molar-refractivity contribution < 1.29 is 8.42 Å². The van der Waals surface area contributed by atoms with E-state index in [-0.39, 0.29) is 11.8 Å². The number of nitrogens with one attached hydrogen (secondary N) is 1. The molecule has 1 fully saturated rings. The van der Waals surface area contributed by atoms with Gasteiger partial charge in [0, 0.05) is 6.04 Å². The summed E-state index contributed by atoms with van der Waals surface area (Å²) in [7, 11) is -3.07. The number of benzene rings is 1. The van der Waals surface area contributed by atoms with E-state index >= 15 is 0 Å². The molecule has 112 valence electrons. The van der Waals surface area contributed by atoms with E-state index in [4.69, 9.17) is 29.0 Å². The minimum Gasteiger partial charge on any atom is -0.271 e. The largest absolute Gasteiger partial charge is 0.271 e. The molecule has 3 N–H and O–H groups in total. The molecular weight excluding hydrogens is 319 g/mol. The molecule has 0 aliphatic carbocycles. The predicted molar refractivity (Wildman–Crippen MR) is 82.7 cm³/mol. The van der Waals surface area contributed by atoms with E-state index in [1.54, 1.807) is 12.1 Å². The van der Waals surface area contributed by atoms with Crippen molar-refractivity contribution in [2.45, 2.75) is 37.0 Å². The Labute approximate surface area is 129 Å². The fourth-order valence-electron chi connectivity index (χ4n) is 2.65. The van der Waals surface area contributed by atoms with Crippen molar-refractivity contribution in [2.24, 2.45) is 5.84 Å². The normalized spacial score (nSPS) is 23.4. The van der Waals surface area contributed by atoms with Gasteiger partial charge in [-0.3, -0.25) is 11.3 Å². The second kappa shape index (κ2) is 6.62. The molecule has 1 saturated heterocycles. The first-order valence-corrected chi connectivity index (χ1v) is 9.03. The second-order valence-electron chi connectivity index (χ2n) is 5.13. The number of hydrogen-bond donors (Lipinski definition) is 2. The first-order valence-electron chi connectivity index (χ1n) is 6.55. The third kappa shape index (κ3) is 3.65. The molecule has 1 aliphatic heterocycles. The number of hydrogen-bond acceptors (Lipinski definition) is 4. The number of halogens is 2. The minimum atomic E-state index is -3.07. The van der Waals surface area contributed by atoms with Crippen molar-refractivity contribution in [3.63, 3.8) is 0 Å². The summed E-state index contributed by atoms with van der Waals surface area (Å²) in [5.41, 5.74) is 3.57. The van der Waals surface area contributed by atoms with E-state index in [0.29, 0.717) is 22.9 Å². The van der Waals surface area contributed by atoms with Gasteiger partial charge >= 0.3 is 0 Å². The average Bonchev–Trinajstić information content (AvgIpc) is 2.40. The minimum absolute atomic E-state index is 0.247. The maximum atomic E-state index is 12.2. The van der Waals surface area contributed by atoms with Crippen LogP contribution in [0, 0.1) is 0 Å². The van der Waals surface area contributed by atoms with Crippen LogP contribution in [0.1, 0.15) is 24.8 Å². The van der Waals surface area contributed by atoms with Crippen molar-refractivity contribution in [1.29, 1.82) is 0 Å². The highest BCUT2D eigenvalue weighted by molar-refractivity contribution is 7.92. The molecule has 4 nitrogen and oxygen atoms in total. The second-order valence-corrected chi connectivity index (χ2v) is 8.28. The lowest BCUT2D eigenvalue weighted by molar-refractivity contribution is 0.440. The fraction of sp³-hybridized carbons (Fsp3) is 0.538. The van der Waals surface area contributed by atoms with Gasteiger partial charge in [0.05, 0.1) is 21.0 Å². The third-order valence-corrected chi connectivity index (χ3v) is 6.81. The van der Waals surface area contributed by atoms with Gasteiger partial charge in [-0.05, 0) is 37.0 Å². The van der Waals surface area contributed by atoms with Crippen LogP contribution in [0.3, 0.4) is 0 Å². The summed E-state index contributed by atoms with van der Waals surface area (Å²) in [5, 5.41) is 0.514. The fourth-order valence-corrected chi connectivity index (χ4v) is 5.08. The Bertz CT molecular complexity index is 578. The van der Waals surface area contributed by atoms with Gasteiger partial charge in [-0.15, -0.1) is 0 Å². The molecule has 1 aromatic carbocycles. The first-order chi connectivity index (χ1) is 9.44. The van der Waals surface area contributed by atoms with Crippen LogP contribution in [-0.2, 0) is 16.3 Å². The molecule has 0 saturated carbocycles. The number of rotatable bonds is 4. The van der Waals surface area contributed by atoms with E-state index in [0.717, 1.165) is 18.4 Å². The van der Waals surface area contributed by atoms with Gasteiger partial charge in [-0.2, -0.15) is 0 Å². The van der Waals surface area contributed by atoms with Crippen LogP contribution < -0.4 is 11.3 Å². The zero-order chi connectivity index (χ0) is 14.8. The summed E-state index contributed by atoms with van der Waals surface area (Å²) in [4.78, 5) is 0. The molecule has 2 rings (SSSR count). The Balaban J connectivity index is 2.18. The van der Waals surface area contributed by atoms with Gasteiger partial charge in [0.15, 0.2) is 9.84 Å². The third-order valence-electron chi connectivity index (χ3n) is 3.73. The van der Waals surface area contributed by atoms with Gasteiger partial charge < -0.3 is 0 Å². The summed E-state index contributed by atoms with van der Waals surface area (Å²) >= 11 is 11.9. The topological polar surface area (TPSA) is 72.2 Å². The molecule has 20 heavy (non-hydrogen) atoms. The smallest absolute Gasteiger partial charge is 0.154 e. The Morgan fingerprint density at radius 3 is 2.65 bits per heavy atom. The lowest BCUT2D eigenvalue weighted by atomic mass is 10.00. The van der Waals surface area contributed by atoms with Crippen LogP contribution >= 0.6 is 23.2 Å². The molecule has 1 heterocycles. The molecule has 0 radical (unpaired) electrons. The van der Waals surface area contributed by atoms with Crippen molar-refractivity contribution >= 4 is 33.0 Å². The molecular formula is C13H18Cl2N2O2S. The molecule has 2 atom stereocenters. The first kappa shape index (κ1) is 16.0. The zero-order valence-electron chi connectivity index (χ0n) is 11.0. The highest BCUT2D eigenvalue weighted by Crippen LogP contribution is 2.26. The lowest BCUT2D eigenvalue weighted by Crippen LogP contribution is -2.50. The van der Waals surface area contributed by atoms with E-state index < -0.39 is 15.1 Å². The van der Waals surface area contributed by atoms with Gasteiger partial charge in [0.1, 0.15) is 0 Å². The van der Waals surface area contributed by atoms with Crippen molar-refractivity contribution in [1.82, 2.24) is 5.43 Å². The van der Waals surface area contributed by atoms with Crippen molar-refractivity contribution in [3.8, 4) is 0 Å². The van der Waals surface area contributed by atoms with Crippen LogP contribution in [0.25, 0.3) is 0 Å². The lowest BCUT2D eigenvalue weighted by Gasteiger charge is -2.29. The van der Waals surface area contributed by atoms with E-state index in [9.17, 15) is 8.42 Å². The molecule has 7 heteroatoms. The van der Waals surface area contributed by atoms with Crippen molar-refractivity contribution in [3.05, 3.63) is 33.8 Å². The molecule has 0 spiro atoms. The highest BCUT2D eigenvalue weighted by atomic mass is 35.5. The Morgan fingerprint density at radius 1 is 1.30 bits per heavy atom. The maximum Gasteiger partial charge on any atom is 0.154 e. The van der Waals surface area contributed by atoms with Crippen molar-refractivity contribution in [2.75, 3.05) is 5.75 Å². The molecule has 1 aromatic rings. The molecule has 0 bridgehead atoms. The van der Waals surface area contributed by atoms with E-state index in [2.05, 4.69) is 5.43 Å². The van der Waals surface area contributed by atoms with Crippen LogP contribution in [0.4, 0.5) is 0 Å². The van der Waals surface area contributed by atoms with Crippen LogP contribution in [0.2, 0.25) is 10.0 Å². The quantitative estimate of drug-likeness (QED) is 0.653. The number of nitrogens with two attached hydrogens (primary N) is 1. The van der Waals surface area contributed by atoms with Crippen LogP contribution in [0.5, 0.6) is 0 Å². The number of hydrazine groups is 1. The summed E-state index contributed by atoms with van der Waals surface area (Å²) in [6, 6.07) is 5.00. The molecule has 0 amide bonds. The van der Waals surface area contributed by atoms with Gasteiger partial charge in [0.2, 0.25) is 0 Å². The average molecular weight is 337 g/mol. The summed E-state index contributed by atoms with van der Waals surface area (Å²) < 4.78 is 24.3. The maximum absolute atomic E-state index is 12.2. The van der Waals surface area contributed by atoms with E-state index in [1.165, 1.54) is 0 Å². The molecule has 2 unspecified atom stereocenters.